The first-order valence-corrected chi connectivity index (χ1v) is 5.69. The van der Waals surface area contributed by atoms with Crippen LogP contribution in [-0.2, 0) is 10.0 Å². The van der Waals surface area contributed by atoms with Crippen LogP contribution in [-0.4, -0.2) is 44.0 Å². The molecule has 1 rings (SSSR count). The van der Waals surface area contributed by atoms with Crippen LogP contribution < -0.4 is 5.46 Å². The topological polar surface area (TPSA) is 77.8 Å². The summed E-state index contributed by atoms with van der Waals surface area (Å²) >= 11 is 0. The van der Waals surface area contributed by atoms with Crippen molar-refractivity contribution in [3.8, 4) is 0 Å². The third kappa shape index (κ3) is 2.38. The number of benzene rings is 1. The van der Waals surface area contributed by atoms with Crippen LogP contribution in [0, 0.1) is 0 Å². The van der Waals surface area contributed by atoms with Crippen molar-refractivity contribution in [1.29, 1.82) is 0 Å². The van der Waals surface area contributed by atoms with Crippen LogP contribution in [0.4, 0.5) is 0 Å². The zero-order chi connectivity index (χ0) is 11.6. The Morgan fingerprint density at radius 2 is 1.73 bits per heavy atom. The summed E-state index contributed by atoms with van der Waals surface area (Å²) in [5.74, 6) is 0. The molecule has 0 aromatic heterocycles. The maximum atomic E-state index is 11.8. The van der Waals surface area contributed by atoms with Gasteiger partial charge in [0.05, 0.1) is 4.90 Å². The Kier molecular flexibility index (Phi) is 3.51. The fourth-order valence-electron chi connectivity index (χ4n) is 1.13. The van der Waals surface area contributed by atoms with E-state index in [2.05, 4.69) is 0 Å². The second-order valence-corrected chi connectivity index (χ2v) is 5.32. The number of hydrogen-bond donors (Lipinski definition) is 2. The van der Waals surface area contributed by atoms with Crippen LogP contribution >= 0.6 is 0 Å². The van der Waals surface area contributed by atoms with Gasteiger partial charge in [0, 0.05) is 19.6 Å². The van der Waals surface area contributed by atoms with E-state index in [1.165, 1.54) is 32.3 Å². The molecule has 0 aliphatic carbocycles. The molecule has 7 heteroatoms. The minimum atomic E-state index is -3.64. The van der Waals surface area contributed by atoms with Crippen molar-refractivity contribution in [2.75, 3.05) is 14.1 Å². The molecule has 82 valence electrons. The van der Waals surface area contributed by atoms with E-state index in [1.54, 1.807) is 6.07 Å². The van der Waals surface area contributed by atoms with E-state index in [9.17, 15) is 8.42 Å². The van der Waals surface area contributed by atoms with Gasteiger partial charge < -0.3 is 10.0 Å². The lowest BCUT2D eigenvalue weighted by Crippen LogP contribution is -2.37. The van der Waals surface area contributed by atoms with Gasteiger partial charge in [-0.25, -0.2) is 12.7 Å². The van der Waals surface area contributed by atoms with Crippen molar-refractivity contribution < 1.29 is 18.5 Å². The standard InChI is InChI=1S/C8H12BNO4S/c1-10(2)15(13,14)8-6-4-3-5-7(8)9(11)12/h3-6,11-12H,1-2H3. The molecule has 0 aliphatic heterocycles. The molecule has 0 unspecified atom stereocenters. The Morgan fingerprint density at radius 3 is 2.20 bits per heavy atom. The van der Waals surface area contributed by atoms with Crippen LogP contribution in [0.3, 0.4) is 0 Å². The van der Waals surface area contributed by atoms with Crippen molar-refractivity contribution in [2.24, 2.45) is 0 Å². The molecule has 0 radical (unpaired) electrons. The Bertz CT molecular complexity index is 444. The first kappa shape index (κ1) is 12.2. The van der Waals surface area contributed by atoms with Gasteiger partial charge in [-0.1, -0.05) is 18.2 Å². The third-order valence-corrected chi connectivity index (χ3v) is 3.84. The molecule has 1 aromatic carbocycles. The predicted molar refractivity (Wildman–Crippen MR) is 57.1 cm³/mol. The van der Waals surface area contributed by atoms with Crippen molar-refractivity contribution >= 4 is 22.6 Å². The van der Waals surface area contributed by atoms with Crippen molar-refractivity contribution in [3.63, 3.8) is 0 Å². The molecular weight excluding hydrogens is 217 g/mol. The SMILES string of the molecule is CN(C)S(=O)(=O)c1ccccc1B(O)O. The molecule has 0 heterocycles. The lowest BCUT2D eigenvalue weighted by molar-refractivity contribution is 0.424. The molecule has 15 heavy (non-hydrogen) atoms. The van der Waals surface area contributed by atoms with Gasteiger partial charge in [0.1, 0.15) is 0 Å². The van der Waals surface area contributed by atoms with E-state index in [4.69, 9.17) is 10.0 Å². The number of sulfonamides is 1. The van der Waals surface area contributed by atoms with Gasteiger partial charge in [0.25, 0.3) is 0 Å². The first-order chi connectivity index (χ1) is 6.87. The lowest BCUT2D eigenvalue weighted by Gasteiger charge is -2.14. The highest BCUT2D eigenvalue weighted by Crippen LogP contribution is 2.10. The number of rotatable bonds is 3. The minimum Gasteiger partial charge on any atom is -0.423 e. The lowest BCUT2D eigenvalue weighted by atomic mass is 9.80. The Balaban J connectivity index is 3.38. The predicted octanol–water partition coefficient (Wildman–Crippen LogP) is -1.38. The zero-order valence-corrected chi connectivity index (χ0v) is 9.27. The highest BCUT2D eigenvalue weighted by molar-refractivity contribution is 7.89. The summed E-state index contributed by atoms with van der Waals surface area (Å²) < 4.78 is 24.5. The molecule has 2 N–H and O–H groups in total. The second-order valence-electron chi connectivity index (χ2n) is 3.20. The summed E-state index contributed by atoms with van der Waals surface area (Å²) in [4.78, 5) is -0.0926. The molecular formula is C8H12BNO4S. The van der Waals surface area contributed by atoms with Gasteiger partial charge >= 0.3 is 7.12 Å². The Hall–Kier alpha value is -0.885. The van der Waals surface area contributed by atoms with E-state index in [0.29, 0.717) is 0 Å². The van der Waals surface area contributed by atoms with E-state index in [0.717, 1.165) is 4.31 Å². The van der Waals surface area contributed by atoms with Gasteiger partial charge in [-0.05, 0) is 6.07 Å². The quantitative estimate of drug-likeness (QED) is 0.626. The smallest absolute Gasteiger partial charge is 0.423 e. The molecule has 0 spiro atoms. The van der Waals surface area contributed by atoms with Crippen LogP contribution in [0.2, 0.25) is 0 Å². The minimum absolute atomic E-state index is 0.0220. The van der Waals surface area contributed by atoms with Gasteiger partial charge in [0.15, 0.2) is 0 Å². The molecule has 0 amide bonds. The maximum absolute atomic E-state index is 11.8. The monoisotopic (exact) mass is 229 g/mol. The van der Waals surface area contributed by atoms with Crippen LogP contribution in [0.1, 0.15) is 0 Å². The van der Waals surface area contributed by atoms with E-state index in [1.807, 2.05) is 0 Å². The molecule has 0 bridgehead atoms. The summed E-state index contributed by atoms with van der Waals surface area (Å²) in [7, 11) is -2.67. The highest BCUT2D eigenvalue weighted by atomic mass is 32.2. The van der Waals surface area contributed by atoms with Gasteiger partial charge in [0.2, 0.25) is 10.0 Å². The molecule has 0 saturated carbocycles. The molecule has 0 saturated heterocycles. The Morgan fingerprint density at radius 1 is 1.20 bits per heavy atom. The largest absolute Gasteiger partial charge is 0.489 e. The average Bonchev–Trinajstić information content (AvgIpc) is 2.17. The molecule has 1 aromatic rings. The average molecular weight is 229 g/mol. The van der Waals surface area contributed by atoms with Crippen LogP contribution in [0.25, 0.3) is 0 Å². The van der Waals surface area contributed by atoms with Crippen LogP contribution in [0.5, 0.6) is 0 Å². The molecule has 0 atom stereocenters. The number of nitrogens with zero attached hydrogens (tertiary/aromatic N) is 1. The molecule has 0 aliphatic rings. The van der Waals surface area contributed by atoms with E-state index in [-0.39, 0.29) is 10.4 Å². The summed E-state index contributed by atoms with van der Waals surface area (Å²) in [6, 6.07) is 5.77. The van der Waals surface area contributed by atoms with Gasteiger partial charge in [-0.3, -0.25) is 0 Å². The van der Waals surface area contributed by atoms with Gasteiger partial charge in [-0.15, -0.1) is 0 Å². The fraction of sp³-hybridized carbons (Fsp3) is 0.250. The maximum Gasteiger partial charge on any atom is 0.489 e. The van der Waals surface area contributed by atoms with Crippen molar-refractivity contribution in [2.45, 2.75) is 4.90 Å². The number of hydrogen-bond acceptors (Lipinski definition) is 4. The van der Waals surface area contributed by atoms with E-state index < -0.39 is 17.1 Å². The van der Waals surface area contributed by atoms with E-state index >= 15 is 0 Å². The van der Waals surface area contributed by atoms with Crippen molar-refractivity contribution in [3.05, 3.63) is 24.3 Å². The first-order valence-electron chi connectivity index (χ1n) is 4.25. The summed E-state index contributed by atoms with van der Waals surface area (Å²) in [6.07, 6.45) is 0. The third-order valence-electron chi connectivity index (χ3n) is 1.96. The van der Waals surface area contributed by atoms with Gasteiger partial charge in [-0.2, -0.15) is 0 Å². The Labute approximate surface area is 89.2 Å². The summed E-state index contributed by atoms with van der Waals surface area (Å²) in [6.45, 7) is 0. The van der Waals surface area contributed by atoms with Crippen molar-refractivity contribution in [1.82, 2.24) is 4.31 Å². The highest BCUT2D eigenvalue weighted by Gasteiger charge is 2.25. The summed E-state index contributed by atoms with van der Waals surface area (Å²) in [5.41, 5.74) is -0.0220. The second kappa shape index (κ2) is 4.32. The fourth-order valence-corrected chi connectivity index (χ4v) is 2.24. The van der Waals surface area contributed by atoms with Crippen LogP contribution in [0.15, 0.2) is 29.2 Å². The summed E-state index contributed by atoms with van der Waals surface area (Å²) in [5, 5.41) is 18.0. The molecule has 0 fully saturated rings. The zero-order valence-electron chi connectivity index (χ0n) is 8.45. The molecule has 5 nitrogen and oxygen atoms in total. The normalized spacial score (nSPS) is 11.8.